The van der Waals surface area contributed by atoms with E-state index in [1.165, 1.54) is 12.8 Å². The molecule has 100 valence electrons. The fraction of sp³-hybridized carbons (Fsp3) is 0.923. The van der Waals surface area contributed by atoms with E-state index in [1.54, 1.807) is 0 Å². The Morgan fingerprint density at radius 1 is 1.47 bits per heavy atom. The van der Waals surface area contributed by atoms with Crippen LogP contribution in [-0.4, -0.2) is 36.1 Å². The second kappa shape index (κ2) is 7.54. The van der Waals surface area contributed by atoms with E-state index >= 15 is 0 Å². The summed E-state index contributed by atoms with van der Waals surface area (Å²) in [5.74, 6) is 0. The van der Waals surface area contributed by atoms with Gasteiger partial charge >= 0.3 is 6.03 Å². The molecule has 0 spiro atoms. The number of urea groups is 1. The van der Waals surface area contributed by atoms with Crippen LogP contribution in [0.3, 0.4) is 0 Å². The van der Waals surface area contributed by atoms with Crippen molar-refractivity contribution >= 4 is 6.03 Å². The van der Waals surface area contributed by atoms with Crippen molar-refractivity contribution < 1.29 is 4.79 Å². The summed E-state index contributed by atoms with van der Waals surface area (Å²) in [7, 11) is 0. The first-order chi connectivity index (χ1) is 8.15. The number of nitrogens with two attached hydrogens (primary N) is 1. The maximum Gasteiger partial charge on any atom is 0.317 e. The van der Waals surface area contributed by atoms with Gasteiger partial charge in [0.05, 0.1) is 0 Å². The monoisotopic (exact) mass is 241 g/mol. The molecule has 2 atom stereocenters. The van der Waals surface area contributed by atoms with E-state index in [0.29, 0.717) is 6.04 Å². The first-order valence-electron chi connectivity index (χ1n) is 6.95. The Hall–Kier alpha value is -0.770. The number of rotatable bonds is 4. The molecular formula is C13H27N3O. The molecule has 3 N–H and O–H groups in total. The van der Waals surface area contributed by atoms with Crippen LogP contribution in [0.15, 0.2) is 0 Å². The quantitative estimate of drug-likeness (QED) is 0.792. The molecule has 1 rings (SSSR count). The molecule has 0 radical (unpaired) electrons. The second-order valence-electron chi connectivity index (χ2n) is 5.14. The molecule has 2 amide bonds. The van der Waals surface area contributed by atoms with Crippen molar-refractivity contribution in [2.75, 3.05) is 13.1 Å². The average molecular weight is 241 g/mol. The minimum absolute atomic E-state index is 0.0967. The van der Waals surface area contributed by atoms with Gasteiger partial charge in [-0.05, 0) is 32.6 Å². The van der Waals surface area contributed by atoms with Crippen LogP contribution in [-0.2, 0) is 0 Å². The Kier molecular flexibility index (Phi) is 6.34. The van der Waals surface area contributed by atoms with E-state index in [0.717, 1.165) is 38.8 Å². The lowest BCUT2D eigenvalue weighted by Crippen LogP contribution is -2.47. The van der Waals surface area contributed by atoms with Crippen molar-refractivity contribution in [3.8, 4) is 0 Å². The van der Waals surface area contributed by atoms with Gasteiger partial charge in [-0.1, -0.05) is 19.8 Å². The van der Waals surface area contributed by atoms with Crippen LogP contribution in [0, 0.1) is 0 Å². The summed E-state index contributed by atoms with van der Waals surface area (Å²) >= 11 is 0. The molecule has 0 saturated carbocycles. The molecule has 1 saturated heterocycles. The Morgan fingerprint density at radius 2 is 2.24 bits per heavy atom. The highest BCUT2D eigenvalue weighted by Crippen LogP contribution is 2.20. The maximum atomic E-state index is 12.1. The number of carbonyl (C=O) groups is 1. The fourth-order valence-electron chi connectivity index (χ4n) is 2.45. The van der Waals surface area contributed by atoms with Gasteiger partial charge in [0.25, 0.3) is 0 Å². The Labute approximate surface area is 105 Å². The van der Waals surface area contributed by atoms with Gasteiger partial charge in [0.15, 0.2) is 0 Å². The maximum absolute atomic E-state index is 12.1. The number of carbonyl (C=O) groups excluding carboxylic acids is 1. The summed E-state index contributed by atoms with van der Waals surface area (Å²) in [6.45, 7) is 5.74. The summed E-state index contributed by atoms with van der Waals surface area (Å²) < 4.78 is 0. The molecular weight excluding hydrogens is 214 g/mol. The zero-order valence-corrected chi connectivity index (χ0v) is 11.2. The van der Waals surface area contributed by atoms with Crippen LogP contribution in [0.5, 0.6) is 0 Å². The number of hydrogen-bond donors (Lipinski definition) is 2. The zero-order valence-electron chi connectivity index (χ0n) is 11.2. The molecule has 1 aliphatic heterocycles. The molecule has 4 nitrogen and oxygen atoms in total. The molecule has 0 aromatic heterocycles. The summed E-state index contributed by atoms with van der Waals surface area (Å²) in [4.78, 5) is 14.1. The predicted molar refractivity (Wildman–Crippen MR) is 70.9 cm³/mol. The van der Waals surface area contributed by atoms with E-state index < -0.39 is 0 Å². The van der Waals surface area contributed by atoms with Crippen molar-refractivity contribution in [3.05, 3.63) is 0 Å². The molecule has 1 heterocycles. The minimum Gasteiger partial charge on any atom is -0.338 e. The van der Waals surface area contributed by atoms with Crippen molar-refractivity contribution in [2.24, 2.45) is 5.73 Å². The van der Waals surface area contributed by atoms with Crippen molar-refractivity contribution in [3.63, 3.8) is 0 Å². The fourth-order valence-corrected chi connectivity index (χ4v) is 2.45. The second-order valence-corrected chi connectivity index (χ2v) is 5.14. The lowest BCUT2D eigenvalue weighted by molar-refractivity contribution is 0.169. The van der Waals surface area contributed by atoms with Crippen molar-refractivity contribution in [1.29, 1.82) is 0 Å². The first-order valence-corrected chi connectivity index (χ1v) is 6.95. The van der Waals surface area contributed by atoms with Crippen LogP contribution < -0.4 is 11.1 Å². The molecule has 0 bridgehead atoms. The highest BCUT2D eigenvalue weighted by molar-refractivity contribution is 5.74. The largest absolute Gasteiger partial charge is 0.338 e. The third-order valence-corrected chi connectivity index (χ3v) is 3.31. The van der Waals surface area contributed by atoms with Crippen LogP contribution in [0.2, 0.25) is 0 Å². The van der Waals surface area contributed by atoms with E-state index in [2.05, 4.69) is 12.2 Å². The third-order valence-electron chi connectivity index (χ3n) is 3.31. The van der Waals surface area contributed by atoms with Gasteiger partial charge in [0.2, 0.25) is 0 Å². The highest BCUT2D eigenvalue weighted by atomic mass is 16.2. The normalized spacial score (nSPS) is 23.0. The lowest BCUT2D eigenvalue weighted by atomic mass is 10.0. The summed E-state index contributed by atoms with van der Waals surface area (Å²) in [5.41, 5.74) is 5.88. The number of nitrogens with zero attached hydrogens (tertiary/aromatic N) is 1. The average Bonchev–Trinajstić information content (AvgIpc) is 2.50. The topological polar surface area (TPSA) is 58.4 Å². The van der Waals surface area contributed by atoms with Gasteiger partial charge in [-0.25, -0.2) is 4.79 Å². The van der Waals surface area contributed by atoms with E-state index in [4.69, 9.17) is 5.73 Å². The lowest BCUT2D eigenvalue weighted by Gasteiger charge is -2.31. The number of amides is 2. The van der Waals surface area contributed by atoms with Crippen LogP contribution in [0.1, 0.15) is 52.4 Å². The van der Waals surface area contributed by atoms with E-state index in [-0.39, 0.29) is 12.1 Å². The molecule has 1 fully saturated rings. The summed E-state index contributed by atoms with van der Waals surface area (Å²) in [6.07, 6.45) is 6.56. The predicted octanol–water partition coefficient (Wildman–Crippen LogP) is 2.09. The number of hydrogen-bond acceptors (Lipinski definition) is 2. The molecule has 4 heteroatoms. The van der Waals surface area contributed by atoms with Crippen LogP contribution in [0.25, 0.3) is 0 Å². The SMILES string of the molecule is CCCNC(=O)N1CCCCCC1CC(C)N. The van der Waals surface area contributed by atoms with Crippen LogP contribution >= 0.6 is 0 Å². The number of likely N-dealkylation sites (tertiary alicyclic amines) is 1. The van der Waals surface area contributed by atoms with Gasteiger partial charge in [0.1, 0.15) is 0 Å². The minimum atomic E-state index is 0.0967. The third kappa shape index (κ3) is 4.94. The Bertz CT molecular complexity index is 231. The first kappa shape index (κ1) is 14.3. The highest BCUT2D eigenvalue weighted by Gasteiger charge is 2.25. The van der Waals surface area contributed by atoms with Gasteiger partial charge < -0.3 is 16.0 Å². The van der Waals surface area contributed by atoms with Gasteiger partial charge in [0, 0.05) is 25.2 Å². The van der Waals surface area contributed by atoms with Gasteiger partial charge in [-0.3, -0.25) is 0 Å². The standard InChI is InChI=1S/C13H27N3O/c1-3-8-15-13(17)16-9-6-4-5-7-12(16)10-11(2)14/h11-12H,3-10,14H2,1-2H3,(H,15,17). The Morgan fingerprint density at radius 3 is 2.88 bits per heavy atom. The molecule has 0 aliphatic carbocycles. The molecule has 1 aliphatic rings. The van der Waals surface area contributed by atoms with Crippen molar-refractivity contribution in [1.82, 2.24) is 10.2 Å². The Balaban J connectivity index is 2.57. The zero-order chi connectivity index (χ0) is 12.7. The van der Waals surface area contributed by atoms with Gasteiger partial charge in [-0.2, -0.15) is 0 Å². The van der Waals surface area contributed by atoms with Crippen molar-refractivity contribution in [2.45, 2.75) is 64.5 Å². The summed E-state index contributed by atoms with van der Waals surface area (Å²) in [6, 6.07) is 0.591. The van der Waals surface area contributed by atoms with E-state index in [1.807, 2.05) is 11.8 Å². The van der Waals surface area contributed by atoms with Crippen LogP contribution in [0.4, 0.5) is 4.79 Å². The molecule has 0 aromatic rings. The molecule has 17 heavy (non-hydrogen) atoms. The smallest absolute Gasteiger partial charge is 0.317 e. The number of nitrogens with one attached hydrogen (secondary N) is 1. The molecule has 2 unspecified atom stereocenters. The van der Waals surface area contributed by atoms with Gasteiger partial charge in [-0.15, -0.1) is 0 Å². The summed E-state index contributed by atoms with van der Waals surface area (Å²) in [5, 5.41) is 2.98. The van der Waals surface area contributed by atoms with E-state index in [9.17, 15) is 4.79 Å². The molecule has 0 aromatic carbocycles.